The average molecular weight is 481 g/mol. The number of carbonyl (C=O) groups excluding carboxylic acids is 3. The zero-order valence-corrected chi connectivity index (χ0v) is 19.7. The molecule has 2 saturated heterocycles. The van der Waals surface area contributed by atoms with E-state index < -0.39 is 6.04 Å². The second kappa shape index (κ2) is 10.3. The smallest absolute Gasteiger partial charge is 0.317 e. The molecule has 2 aliphatic heterocycles. The molecule has 1 N–H and O–H groups in total. The van der Waals surface area contributed by atoms with Gasteiger partial charge >= 0.3 is 6.03 Å². The lowest BCUT2D eigenvalue weighted by Gasteiger charge is -2.38. The standard InChI is InChI=1S/C23H30Cl2N4O3/c24-18-9-8-16(15-19(18)25)21(30)29-10-4-7-20(29)22(31)27-11-13-28(14-12-27)23(32)26-17-5-2-1-3-6-17/h8-9,15,17,20H,1-7,10-14H2,(H,26,32). The average Bonchev–Trinajstić information content (AvgIpc) is 3.30. The van der Waals surface area contributed by atoms with Crippen LogP contribution in [-0.2, 0) is 4.79 Å². The molecule has 7 nitrogen and oxygen atoms in total. The van der Waals surface area contributed by atoms with Crippen molar-refractivity contribution in [3.63, 3.8) is 0 Å². The molecule has 1 unspecified atom stereocenters. The van der Waals surface area contributed by atoms with Crippen LogP contribution in [0.2, 0.25) is 10.0 Å². The van der Waals surface area contributed by atoms with E-state index in [1.807, 2.05) is 0 Å². The third kappa shape index (κ3) is 5.15. The molecule has 0 radical (unpaired) electrons. The molecule has 4 amide bonds. The third-order valence-corrected chi connectivity index (χ3v) is 7.52. The number of hydrogen-bond acceptors (Lipinski definition) is 3. The molecule has 0 bridgehead atoms. The molecule has 9 heteroatoms. The predicted octanol–water partition coefficient (Wildman–Crippen LogP) is 3.78. The third-order valence-electron chi connectivity index (χ3n) is 6.78. The Morgan fingerprint density at radius 2 is 1.50 bits per heavy atom. The summed E-state index contributed by atoms with van der Waals surface area (Å²) in [7, 11) is 0. The molecule has 0 spiro atoms. The SMILES string of the molecule is O=C(NC1CCCCC1)N1CCN(C(=O)C2CCCN2C(=O)c2ccc(Cl)c(Cl)c2)CC1. The second-order valence-electron chi connectivity index (χ2n) is 8.88. The van der Waals surface area contributed by atoms with E-state index in [0.717, 1.165) is 19.3 Å². The first kappa shape index (κ1) is 23.2. The highest BCUT2D eigenvalue weighted by Crippen LogP contribution is 2.27. The van der Waals surface area contributed by atoms with Crippen molar-refractivity contribution in [1.82, 2.24) is 20.0 Å². The fourth-order valence-electron chi connectivity index (χ4n) is 4.92. The number of urea groups is 1. The van der Waals surface area contributed by atoms with Gasteiger partial charge in [-0.05, 0) is 43.9 Å². The molecule has 4 rings (SSSR count). The summed E-state index contributed by atoms with van der Waals surface area (Å²) < 4.78 is 0. The normalized spacial score (nSPS) is 22.2. The molecule has 3 aliphatic rings. The summed E-state index contributed by atoms with van der Waals surface area (Å²) in [5.41, 5.74) is 0.434. The van der Waals surface area contributed by atoms with Crippen LogP contribution in [0.1, 0.15) is 55.3 Å². The number of likely N-dealkylation sites (tertiary alicyclic amines) is 1. The number of carbonyl (C=O) groups is 3. The van der Waals surface area contributed by atoms with Crippen molar-refractivity contribution in [2.45, 2.75) is 57.0 Å². The van der Waals surface area contributed by atoms with Crippen molar-refractivity contribution in [3.05, 3.63) is 33.8 Å². The van der Waals surface area contributed by atoms with Gasteiger partial charge in [-0.1, -0.05) is 42.5 Å². The van der Waals surface area contributed by atoms with E-state index in [-0.39, 0.29) is 23.9 Å². The largest absolute Gasteiger partial charge is 0.337 e. The van der Waals surface area contributed by atoms with Crippen LogP contribution in [0.3, 0.4) is 0 Å². The number of rotatable bonds is 3. The minimum Gasteiger partial charge on any atom is -0.337 e. The maximum atomic E-state index is 13.2. The van der Waals surface area contributed by atoms with Gasteiger partial charge in [-0.15, -0.1) is 0 Å². The van der Waals surface area contributed by atoms with Gasteiger partial charge in [0.2, 0.25) is 5.91 Å². The highest BCUT2D eigenvalue weighted by molar-refractivity contribution is 6.42. The zero-order chi connectivity index (χ0) is 22.7. The molecule has 1 aliphatic carbocycles. The summed E-state index contributed by atoms with van der Waals surface area (Å²) in [5, 5.41) is 3.86. The minimum atomic E-state index is -0.473. The monoisotopic (exact) mass is 480 g/mol. The number of hydrogen-bond donors (Lipinski definition) is 1. The van der Waals surface area contributed by atoms with Gasteiger partial charge in [-0.2, -0.15) is 0 Å². The lowest BCUT2D eigenvalue weighted by atomic mass is 9.96. The first-order valence-electron chi connectivity index (χ1n) is 11.5. The molecule has 1 atom stereocenters. The first-order chi connectivity index (χ1) is 15.4. The van der Waals surface area contributed by atoms with Crippen LogP contribution in [0.4, 0.5) is 4.79 Å². The highest BCUT2D eigenvalue weighted by atomic mass is 35.5. The van der Waals surface area contributed by atoms with Crippen LogP contribution in [0.25, 0.3) is 0 Å². The van der Waals surface area contributed by atoms with Crippen LogP contribution in [0.15, 0.2) is 18.2 Å². The molecule has 2 heterocycles. The number of halogens is 2. The van der Waals surface area contributed by atoms with Gasteiger partial charge in [0, 0.05) is 44.3 Å². The van der Waals surface area contributed by atoms with E-state index in [4.69, 9.17) is 23.2 Å². The van der Waals surface area contributed by atoms with Gasteiger partial charge in [-0.3, -0.25) is 9.59 Å². The van der Waals surface area contributed by atoms with Crippen LogP contribution in [-0.4, -0.2) is 77.4 Å². The van der Waals surface area contributed by atoms with Crippen LogP contribution in [0.5, 0.6) is 0 Å². The molecule has 174 valence electrons. The second-order valence-corrected chi connectivity index (χ2v) is 9.70. The van der Waals surface area contributed by atoms with E-state index in [2.05, 4.69) is 5.32 Å². The number of piperazine rings is 1. The Balaban J connectivity index is 1.32. The Morgan fingerprint density at radius 1 is 0.812 bits per heavy atom. The van der Waals surface area contributed by atoms with Crippen molar-refractivity contribution < 1.29 is 14.4 Å². The van der Waals surface area contributed by atoms with Crippen LogP contribution >= 0.6 is 23.2 Å². The van der Waals surface area contributed by atoms with Gasteiger partial charge in [0.25, 0.3) is 5.91 Å². The molecule has 1 saturated carbocycles. The minimum absolute atomic E-state index is 0.0266. The molecule has 1 aromatic rings. The van der Waals surface area contributed by atoms with Gasteiger partial charge in [0.1, 0.15) is 6.04 Å². The van der Waals surface area contributed by atoms with Crippen molar-refractivity contribution in [3.8, 4) is 0 Å². The Kier molecular flexibility index (Phi) is 7.46. The fraction of sp³-hybridized carbons (Fsp3) is 0.609. The summed E-state index contributed by atoms with van der Waals surface area (Å²) in [4.78, 5) is 44.1. The Bertz CT molecular complexity index is 867. The molecular formula is C23H30Cl2N4O3. The summed E-state index contributed by atoms with van der Waals surface area (Å²) in [6, 6.07) is 4.56. The van der Waals surface area contributed by atoms with Gasteiger partial charge in [-0.25, -0.2) is 4.79 Å². The quantitative estimate of drug-likeness (QED) is 0.714. The van der Waals surface area contributed by atoms with E-state index in [1.54, 1.807) is 32.9 Å². The number of benzene rings is 1. The molecular weight excluding hydrogens is 451 g/mol. The van der Waals surface area contributed by atoms with Crippen LogP contribution < -0.4 is 5.32 Å². The number of amides is 4. The Morgan fingerprint density at radius 3 is 2.19 bits per heavy atom. The molecule has 1 aromatic carbocycles. The van der Waals surface area contributed by atoms with Crippen molar-refractivity contribution in [2.24, 2.45) is 0 Å². The highest BCUT2D eigenvalue weighted by Gasteiger charge is 2.38. The van der Waals surface area contributed by atoms with E-state index in [0.29, 0.717) is 54.8 Å². The maximum absolute atomic E-state index is 13.2. The first-order valence-corrected chi connectivity index (χ1v) is 12.3. The van der Waals surface area contributed by atoms with E-state index in [1.165, 1.54) is 19.3 Å². The molecule has 0 aromatic heterocycles. The number of nitrogens with one attached hydrogen (secondary N) is 1. The Labute approximate surface area is 199 Å². The fourth-order valence-corrected chi connectivity index (χ4v) is 5.21. The van der Waals surface area contributed by atoms with E-state index in [9.17, 15) is 14.4 Å². The summed E-state index contributed by atoms with van der Waals surface area (Å²) >= 11 is 12.0. The van der Waals surface area contributed by atoms with Crippen molar-refractivity contribution >= 4 is 41.0 Å². The topological polar surface area (TPSA) is 73.0 Å². The lowest BCUT2D eigenvalue weighted by Crippen LogP contribution is -2.57. The van der Waals surface area contributed by atoms with Gasteiger partial charge in [0.15, 0.2) is 0 Å². The van der Waals surface area contributed by atoms with Gasteiger partial charge in [0.05, 0.1) is 10.0 Å². The maximum Gasteiger partial charge on any atom is 0.317 e. The summed E-state index contributed by atoms with van der Waals surface area (Å²) in [6.07, 6.45) is 7.13. The van der Waals surface area contributed by atoms with Gasteiger partial charge < -0.3 is 20.0 Å². The summed E-state index contributed by atoms with van der Waals surface area (Å²) in [5.74, 6) is -0.242. The number of nitrogens with zero attached hydrogens (tertiary/aromatic N) is 3. The van der Waals surface area contributed by atoms with Crippen molar-refractivity contribution in [1.29, 1.82) is 0 Å². The zero-order valence-electron chi connectivity index (χ0n) is 18.2. The van der Waals surface area contributed by atoms with Crippen LogP contribution in [0, 0.1) is 0 Å². The van der Waals surface area contributed by atoms with Crippen molar-refractivity contribution in [2.75, 3.05) is 32.7 Å². The lowest BCUT2D eigenvalue weighted by molar-refractivity contribution is -0.136. The molecule has 3 fully saturated rings. The predicted molar refractivity (Wildman–Crippen MR) is 124 cm³/mol. The Hall–Kier alpha value is -1.99. The summed E-state index contributed by atoms with van der Waals surface area (Å²) in [6.45, 7) is 2.54. The van der Waals surface area contributed by atoms with E-state index >= 15 is 0 Å². The molecule has 32 heavy (non-hydrogen) atoms.